The lowest BCUT2D eigenvalue weighted by Crippen LogP contribution is -2.73. The minimum atomic E-state index is -0.662. The first-order chi connectivity index (χ1) is 17.5. The number of benzene rings is 4. The zero-order valence-electron chi connectivity index (χ0n) is 20.2. The van der Waals surface area contributed by atoms with Crippen LogP contribution in [0.4, 0.5) is 32.3 Å². The van der Waals surface area contributed by atoms with Gasteiger partial charge in [-0.3, -0.25) is 9.80 Å². The van der Waals surface area contributed by atoms with Crippen molar-refractivity contribution in [2.24, 2.45) is 0 Å². The average Bonchev–Trinajstić information content (AvgIpc) is 2.90. The van der Waals surface area contributed by atoms with Gasteiger partial charge >= 0.3 is 12.1 Å². The molecule has 1 unspecified atom stereocenters. The van der Waals surface area contributed by atoms with Gasteiger partial charge in [-0.05, 0) is 61.9 Å². The molecule has 0 saturated carbocycles. The van der Waals surface area contributed by atoms with Crippen molar-refractivity contribution in [2.75, 3.05) is 19.6 Å². The molecule has 4 aromatic rings. The van der Waals surface area contributed by atoms with Crippen molar-refractivity contribution in [1.29, 1.82) is 0 Å². The Morgan fingerprint density at radius 2 is 1.19 bits per heavy atom. The smallest absolute Gasteiger partial charge is 0.329 e. The molecule has 4 aromatic carbocycles. The lowest BCUT2D eigenvalue weighted by atomic mass is 10.0. The monoisotopic (exact) mass is 474 g/mol. The predicted octanol–water partition coefficient (Wildman–Crippen LogP) is 6.68. The summed E-state index contributed by atoms with van der Waals surface area (Å²) in [4.78, 5) is 35.2. The number of urea groups is 2. The number of carbonyl (C=O) groups is 2. The number of amides is 4. The molecule has 0 bridgehead atoms. The second kappa shape index (κ2) is 8.57. The van der Waals surface area contributed by atoms with Crippen LogP contribution in [0, 0.1) is 13.8 Å². The van der Waals surface area contributed by atoms with Crippen molar-refractivity contribution >= 4 is 34.8 Å². The summed E-state index contributed by atoms with van der Waals surface area (Å²) in [5.74, 6) is 0. The Bertz CT molecular complexity index is 1440. The number of aryl methyl sites for hydroxylation is 2. The van der Waals surface area contributed by atoms with Gasteiger partial charge in [-0.25, -0.2) is 14.5 Å². The van der Waals surface area contributed by atoms with Gasteiger partial charge in [0.15, 0.2) is 6.29 Å². The first kappa shape index (κ1) is 21.9. The van der Waals surface area contributed by atoms with E-state index in [1.807, 2.05) is 67.6 Å². The van der Waals surface area contributed by atoms with Crippen LogP contribution in [0.25, 0.3) is 0 Å². The first-order valence-electron chi connectivity index (χ1n) is 12.0. The highest BCUT2D eigenvalue weighted by molar-refractivity contribution is 6.26. The second-order valence-electron chi connectivity index (χ2n) is 9.25. The van der Waals surface area contributed by atoms with E-state index < -0.39 is 6.29 Å². The summed E-state index contributed by atoms with van der Waals surface area (Å²) in [6.07, 6.45) is -0.662. The van der Waals surface area contributed by atoms with Crippen molar-refractivity contribution < 1.29 is 9.59 Å². The maximum atomic E-state index is 14.2. The molecule has 6 nitrogen and oxygen atoms in total. The molecule has 36 heavy (non-hydrogen) atoms. The van der Waals surface area contributed by atoms with E-state index in [1.165, 1.54) is 4.90 Å². The third kappa shape index (κ3) is 3.50. The van der Waals surface area contributed by atoms with E-state index in [0.29, 0.717) is 12.2 Å². The summed E-state index contributed by atoms with van der Waals surface area (Å²) in [6.45, 7) is 4.67. The van der Waals surface area contributed by atoms with Gasteiger partial charge in [0, 0.05) is 17.9 Å². The van der Waals surface area contributed by atoms with Crippen molar-refractivity contribution in [2.45, 2.75) is 26.7 Å². The average molecular weight is 475 g/mol. The number of hydrogen-bond donors (Lipinski definition) is 0. The molecule has 2 aliphatic rings. The minimum absolute atomic E-state index is 0.370. The Labute approximate surface area is 210 Å². The summed E-state index contributed by atoms with van der Waals surface area (Å²) in [5.41, 5.74) is 6.32. The molecule has 6 heteroatoms. The number of carbonyl (C=O) groups excluding carboxylic acids is 2. The van der Waals surface area contributed by atoms with Crippen LogP contribution in [-0.4, -0.2) is 18.4 Å². The van der Waals surface area contributed by atoms with E-state index in [0.717, 1.165) is 33.8 Å². The van der Waals surface area contributed by atoms with Gasteiger partial charge in [0.2, 0.25) is 0 Å². The molecule has 1 fully saturated rings. The molecule has 6 rings (SSSR count). The highest BCUT2D eigenvalue weighted by Crippen LogP contribution is 2.41. The zero-order valence-corrected chi connectivity index (χ0v) is 20.2. The van der Waals surface area contributed by atoms with Crippen LogP contribution in [0.1, 0.15) is 16.7 Å². The molecule has 0 aliphatic carbocycles. The Morgan fingerprint density at radius 1 is 0.611 bits per heavy atom. The predicted molar refractivity (Wildman–Crippen MR) is 143 cm³/mol. The Balaban J connectivity index is 1.60. The summed E-state index contributed by atoms with van der Waals surface area (Å²) in [6, 6.07) is 32.3. The lowest BCUT2D eigenvalue weighted by Gasteiger charge is -2.54. The number of rotatable bonds is 3. The van der Waals surface area contributed by atoms with E-state index in [-0.39, 0.29) is 12.1 Å². The highest BCUT2D eigenvalue weighted by atomic mass is 16.2. The van der Waals surface area contributed by atoms with E-state index in [9.17, 15) is 9.59 Å². The quantitative estimate of drug-likeness (QED) is 0.333. The van der Waals surface area contributed by atoms with Crippen molar-refractivity contribution in [3.63, 3.8) is 0 Å². The largest absolute Gasteiger partial charge is 0.340 e. The number of para-hydroxylation sites is 2. The van der Waals surface area contributed by atoms with Gasteiger partial charge < -0.3 is 4.90 Å². The minimum Gasteiger partial charge on any atom is -0.329 e. The third-order valence-electron chi connectivity index (χ3n) is 6.78. The molecule has 0 aromatic heterocycles. The normalized spacial score (nSPS) is 17.2. The summed E-state index contributed by atoms with van der Waals surface area (Å²) in [7, 11) is 0. The van der Waals surface area contributed by atoms with E-state index in [4.69, 9.17) is 0 Å². The molecule has 4 amide bonds. The van der Waals surface area contributed by atoms with E-state index >= 15 is 0 Å². The van der Waals surface area contributed by atoms with E-state index in [1.54, 1.807) is 21.9 Å². The van der Waals surface area contributed by atoms with Crippen LogP contribution < -0.4 is 19.6 Å². The maximum Gasteiger partial charge on any atom is 0.340 e. The fourth-order valence-electron chi connectivity index (χ4n) is 5.05. The SMILES string of the molecule is Cc1ccc(N2Cc3cc(C)ccc3N3C(=O)N(c4ccccc4)C(=O)N(c4ccccc4)C23)cc1. The fourth-order valence-corrected chi connectivity index (χ4v) is 5.05. The van der Waals surface area contributed by atoms with Gasteiger partial charge in [0.25, 0.3) is 0 Å². The molecule has 1 atom stereocenters. The molecule has 178 valence electrons. The topological polar surface area (TPSA) is 47.1 Å². The molecule has 2 heterocycles. The van der Waals surface area contributed by atoms with Crippen LogP contribution >= 0.6 is 0 Å². The van der Waals surface area contributed by atoms with E-state index in [2.05, 4.69) is 42.2 Å². The van der Waals surface area contributed by atoms with Crippen LogP contribution in [-0.2, 0) is 6.54 Å². The molecule has 2 aliphatic heterocycles. The summed E-state index contributed by atoms with van der Waals surface area (Å²) >= 11 is 0. The first-order valence-corrected chi connectivity index (χ1v) is 12.0. The van der Waals surface area contributed by atoms with Crippen LogP contribution in [0.3, 0.4) is 0 Å². The number of fused-ring (bicyclic) bond motifs is 3. The van der Waals surface area contributed by atoms with Crippen molar-refractivity contribution in [3.05, 3.63) is 120 Å². The fraction of sp³-hybridized carbons (Fsp3) is 0.133. The summed E-state index contributed by atoms with van der Waals surface area (Å²) < 4.78 is 0. The van der Waals surface area contributed by atoms with Crippen LogP contribution in [0.2, 0.25) is 0 Å². The number of imide groups is 1. The number of anilines is 4. The Hall–Kier alpha value is -4.58. The third-order valence-corrected chi connectivity index (χ3v) is 6.78. The van der Waals surface area contributed by atoms with Crippen molar-refractivity contribution in [1.82, 2.24) is 0 Å². The van der Waals surface area contributed by atoms with Gasteiger partial charge in [0.05, 0.1) is 11.4 Å². The Kier molecular flexibility index (Phi) is 5.22. The zero-order chi connectivity index (χ0) is 24.8. The molecule has 0 N–H and O–H groups in total. The molecular formula is C30H26N4O2. The molecular weight excluding hydrogens is 448 g/mol. The molecule has 0 radical (unpaired) electrons. The van der Waals surface area contributed by atoms with Gasteiger partial charge in [-0.2, -0.15) is 0 Å². The molecule has 0 spiro atoms. The van der Waals surface area contributed by atoms with Crippen molar-refractivity contribution in [3.8, 4) is 0 Å². The Morgan fingerprint density at radius 3 is 1.86 bits per heavy atom. The van der Waals surface area contributed by atoms with Gasteiger partial charge in [-0.15, -0.1) is 0 Å². The van der Waals surface area contributed by atoms with Gasteiger partial charge in [0.1, 0.15) is 0 Å². The number of nitrogens with zero attached hydrogens (tertiary/aromatic N) is 4. The maximum absolute atomic E-state index is 14.2. The van der Waals surface area contributed by atoms with Gasteiger partial charge in [-0.1, -0.05) is 71.8 Å². The molecule has 1 saturated heterocycles. The van der Waals surface area contributed by atoms with Crippen LogP contribution in [0.15, 0.2) is 103 Å². The standard InChI is InChI=1S/C30H26N4O2/c1-21-13-16-24(17-14-21)31-20-23-19-22(2)15-18-27(23)34-28(31)32(25-9-5-3-6-10-25)29(35)33(30(34)36)26-11-7-4-8-12-26/h3-19,28H,20H2,1-2H3. The lowest BCUT2D eigenvalue weighted by molar-refractivity contribution is 0.229. The summed E-state index contributed by atoms with van der Waals surface area (Å²) in [5, 5.41) is 0. The number of hydrogen-bond acceptors (Lipinski definition) is 3. The second-order valence-corrected chi connectivity index (χ2v) is 9.25. The highest BCUT2D eigenvalue weighted by Gasteiger charge is 2.51. The van der Waals surface area contributed by atoms with Crippen LogP contribution in [0.5, 0.6) is 0 Å².